The highest BCUT2D eigenvalue weighted by molar-refractivity contribution is 6.30. The van der Waals surface area contributed by atoms with Crippen molar-refractivity contribution in [3.63, 3.8) is 0 Å². The first-order valence-corrected chi connectivity index (χ1v) is 6.08. The predicted molar refractivity (Wildman–Crippen MR) is 67.8 cm³/mol. The molecule has 94 valence electrons. The first kappa shape index (κ1) is 11.6. The molecule has 5 nitrogen and oxygen atoms in total. The zero-order chi connectivity index (χ0) is 12.7. The maximum Gasteiger partial charge on any atom is 0.258 e. The normalized spacial score (nSPS) is 17.0. The molecule has 3 rings (SSSR count). The van der Waals surface area contributed by atoms with Gasteiger partial charge >= 0.3 is 0 Å². The molecule has 0 unspecified atom stereocenters. The molecule has 0 bridgehead atoms. The number of rotatable bonds is 2. The number of hydrogen-bond acceptors (Lipinski definition) is 4. The molecule has 0 aromatic carbocycles. The molecule has 0 aliphatic carbocycles. The zero-order valence-electron chi connectivity index (χ0n) is 9.58. The summed E-state index contributed by atoms with van der Waals surface area (Å²) >= 11 is 5.84. The molecule has 6 heteroatoms. The van der Waals surface area contributed by atoms with Gasteiger partial charge in [-0.05, 0) is 12.1 Å². The minimum atomic E-state index is -0.245. The highest BCUT2D eigenvalue weighted by Gasteiger charge is 2.24. The van der Waals surface area contributed by atoms with Crippen LogP contribution in [-0.2, 0) is 6.54 Å². The number of hydrogen-bond donors (Lipinski definition) is 1. The Labute approximate surface area is 108 Å². The van der Waals surface area contributed by atoms with Crippen molar-refractivity contribution in [2.75, 3.05) is 13.1 Å². The molecule has 1 saturated heterocycles. The second-order valence-corrected chi connectivity index (χ2v) is 4.95. The third-order valence-corrected chi connectivity index (χ3v) is 3.22. The molecule has 0 amide bonds. The minimum Gasteiger partial charge on any atom is -0.390 e. The highest BCUT2D eigenvalue weighted by Crippen LogP contribution is 2.12. The van der Waals surface area contributed by atoms with Gasteiger partial charge in [-0.3, -0.25) is 14.1 Å². The predicted octanol–water partition coefficient (Wildman–Crippen LogP) is 0.524. The van der Waals surface area contributed by atoms with Crippen molar-refractivity contribution < 1.29 is 5.11 Å². The molecule has 2 aromatic heterocycles. The van der Waals surface area contributed by atoms with Crippen molar-refractivity contribution in [3.05, 3.63) is 45.5 Å². The van der Waals surface area contributed by atoms with Crippen LogP contribution in [0.4, 0.5) is 0 Å². The standard InChI is InChI=1S/C12H12ClN3O2/c13-8-1-2-11-14-9(3-12(18)16(11)4-8)5-15-6-10(17)7-15/h1-4,10,17H,5-7H2. The maximum atomic E-state index is 11.9. The Bertz CT molecular complexity index is 649. The summed E-state index contributed by atoms with van der Waals surface area (Å²) in [6.45, 7) is 1.87. The molecule has 1 N–H and O–H groups in total. The molecule has 1 aliphatic rings. The maximum absolute atomic E-state index is 11.9. The van der Waals surface area contributed by atoms with Gasteiger partial charge in [-0.1, -0.05) is 11.6 Å². The number of β-amino-alcohol motifs (C(OH)–C–C–N with tert-alkyl or cyclic N) is 1. The summed E-state index contributed by atoms with van der Waals surface area (Å²) < 4.78 is 1.43. The number of likely N-dealkylation sites (tertiary alicyclic amines) is 1. The lowest BCUT2D eigenvalue weighted by Crippen LogP contribution is -2.50. The molecule has 18 heavy (non-hydrogen) atoms. The number of fused-ring (bicyclic) bond motifs is 1. The molecule has 0 radical (unpaired) electrons. The van der Waals surface area contributed by atoms with E-state index in [4.69, 9.17) is 11.6 Å². The third-order valence-electron chi connectivity index (χ3n) is 3.00. The fourth-order valence-corrected chi connectivity index (χ4v) is 2.27. The molecule has 2 aromatic rings. The molecule has 1 fully saturated rings. The number of aliphatic hydroxyl groups excluding tert-OH is 1. The van der Waals surface area contributed by atoms with Crippen LogP contribution in [-0.4, -0.2) is 38.6 Å². The van der Waals surface area contributed by atoms with Crippen molar-refractivity contribution in [3.8, 4) is 0 Å². The van der Waals surface area contributed by atoms with E-state index in [1.807, 2.05) is 4.90 Å². The smallest absolute Gasteiger partial charge is 0.258 e. The van der Waals surface area contributed by atoms with Gasteiger partial charge in [0.05, 0.1) is 16.8 Å². The minimum absolute atomic E-state index is 0.140. The fraction of sp³-hybridized carbons (Fsp3) is 0.333. The van der Waals surface area contributed by atoms with Gasteiger partial charge < -0.3 is 5.11 Å². The summed E-state index contributed by atoms with van der Waals surface area (Å²) in [6, 6.07) is 4.94. The summed E-state index contributed by atoms with van der Waals surface area (Å²) in [5.41, 5.74) is 1.16. The van der Waals surface area contributed by atoms with Gasteiger partial charge in [0.15, 0.2) is 0 Å². The topological polar surface area (TPSA) is 57.8 Å². The van der Waals surface area contributed by atoms with Gasteiger partial charge in [0, 0.05) is 31.9 Å². The van der Waals surface area contributed by atoms with E-state index >= 15 is 0 Å². The molecule has 0 spiro atoms. The number of aliphatic hydroxyl groups is 1. The highest BCUT2D eigenvalue weighted by atomic mass is 35.5. The van der Waals surface area contributed by atoms with E-state index < -0.39 is 0 Å². The lowest BCUT2D eigenvalue weighted by Gasteiger charge is -2.35. The lowest BCUT2D eigenvalue weighted by atomic mass is 10.1. The van der Waals surface area contributed by atoms with Crippen molar-refractivity contribution in [2.45, 2.75) is 12.6 Å². The number of halogens is 1. The Morgan fingerprint density at radius 2 is 2.22 bits per heavy atom. The van der Waals surface area contributed by atoms with Gasteiger partial charge in [0.1, 0.15) is 5.65 Å². The van der Waals surface area contributed by atoms with Crippen LogP contribution in [0, 0.1) is 0 Å². The summed E-state index contributed by atoms with van der Waals surface area (Å²) in [7, 11) is 0. The van der Waals surface area contributed by atoms with Crippen LogP contribution in [0.3, 0.4) is 0 Å². The first-order valence-electron chi connectivity index (χ1n) is 5.70. The van der Waals surface area contributed by atoms with Crippen LogP contribution in [0.1, 0.15) is 5.69 Å². The SMILES string of the molecule is O=c1cc(CN2CC(O)C2)nc2ccc(Cl)cn12. The molecule has 0 saturated carbocycles. The summed E-state index contributed by atoms with van der Waals surface area (Å²) in [4.78, 5) is 18.3. The molecule has 0 atom stereocenters. The van der Waals surface area contributed by atoms with Crippen molar-refractivity contribution in [2.24, 2.45) is 0 Å². The Kier molecular flexibility index (Phi) is 2.81. The van der Waals surface area contributed by atoms with Gasteiger partial charge in [0.2, 0.25) is 0 Å². The van der Waals surface area contributed by atoms with Gasteiger partial charge in [-0.2, -0.15) is 0 Å². The van der Waals surface area contributed by atoms with E-state index in [9.17, 15) is 9.90 Å². The van der Waals surface area contributed by atoms with Gasteiger partial charge in [0.25, 0.3) is 5.56 Å². The molecular weight excluding hydrogens is 254 g/mol. The molecule has 1 aliphatic heterocycles. The van der Waals surface area contributed by atoms with Crippen LogP contribution in [0.5, 0.6) is 0 Å². The summed E-state index contributed by atoms with van der Waals surface area (Å²) in [5, 5.41) is 9.72. The zero-order valence-corrected chi connectivity index (χ0v) is 10.3. The fourth-order valence-electron chi connectivity index (χ4n) is 2.11. The van der Waals surface area contributed by atoms with E-state index in [0.29, 0.717) is 36.0 Å². The van der Waals surface area contributed by atoms with Gasteiger partial charge in [-0.25, -0.2) is 4.98 Å². The molecular formula is C12H12ClN3O2. The van der Waals surface area contributed by atoms with Crippen LogP contribution >= 0.6 is 11.6 Å². The Morgan fingerprint density at radius 3 is 2.94 bits per heavy atom. The Hall–Kier alpha value is -1.43. The van der Waals surface area contributed by atoms with Crippen molar-refractivity contribution >= 4 is 17.2 Å². The second-order valence-electron chi connectivity index (χ2n) is 4.51. The summed E-state index contributed by atoms with van der Waals surface area (Å²) in [6.07, 6.45) is 1.31. The largest absolute Gasteiger partial charge is 0.390 e. The monoisotopic (exact) mass is 265 g/mol. The third kappa shape index (κ3) is 2.12. The first-order chi connectivity index (χ1) is 8.61. The van der Waals surface area contributed by atoms with E-state index in [2.05, 4.69) is 4.98 Å². The Morgan fingerprint density at radius 1 is 1.44 bits per heavy atom. The summed E-state index contributed by atoms with van der Waals surface area (Å²) in [5.74, 6) is 0. The molecule has 3 heterocycles. The van der Waals surface area contributed by atoms with Gasteiger partial charge in [-0.15, -0.1) is 0 Å². The lowest BCUT2D eigenvalue weighted by molar-refractivity contribution is -0.00352. The quantitative estimate of drug-likeness (QED) is 0.860. The van der Waals surface area contributed by atoms with E-state index in [0.717, 1.165) is 0 Å². The van der Waals surface area contributed by atoms with Crippen LogP contribution in [0.15, 0.2) is 29.2 Å². The van der Waals surface area contributed by atoms with E-state index in [1.165, 1.54) is 10.5 Å². The van der Waals surface area contributed by atoms with E-state index in [-0.39, 0.29) is 11.7 Å². The Balaban J connectivity index is 1.95. The average molecular weight is 266 g/mol. The average Bonchev–Trinajstić information content (AvgIpc) is 2.28. The number of pyridine rings is 1. The van der Waals surface area contributed by atoms with Crippen molar-refractivity contribution in [1.82, 2.24) is 14.3 Å². The number of aromatic nitrogens is 2. The van der Waals surface area contributed by atoms with Crippen LogP contribution in [0.25, 0.3) is 5.65 Å². The second kappa shape index (κ2) is 4.35. The van der Waals surface area contributed by atoms with Crippen LogP contribution in [0.2, 0.25) is 5.02 Å². The number of nitrogens with zero attached hydrogens (tertiary/aromatic N) is 3. The van der Waals surface area contributed by atoms with E-state index in [1.54, 1.807) is 18.3 Å². The van der Waals surface area contributed by atoms with Crippen LogP contribution < -0.4 is 5.56 Å². The van der Waals surface area contributed by atoms with Crippen molar-refractivity contribution in [1.29, 1.82) is 0 Å².